The lowest BCUT2D eigenvalue weighted by Gasteiger charge is -2.14. The van der Waals surface area contributed by atoms with E-state index in [0.717, 1.165) is 52.5 Å². The maximum absolute atomic E-state index is 13.8. The van der Waals surface area contributed by atoms with Gasteiger partial charge in [0.1, 0.15) is 10.6 Å². The van der Waals surface area contributed by atoms with Gasteiger partial charge < -0.3 is 4.74 Å². The zero-order valence-electron chi connectivity index (χ0n) is 18.2. The third kappa shape index (κ3) is 4.21. The maximum atomic E-state index is 13.8. The first-order valence-electron chi connectivity index (χ1n) is 11.2. The minimum Gasteiger partial charge on any atom is -0.493 e. The van der Waals surface area contributed by atoms with Crippen molar-refractivity contribution in [2.24, 2.45) is 0 Å². The molecule has 4 aromatic rings. The molecule has 0 fully saturated rings. The third-order valence-corrected chi connectivity index (χ3v) is 7.98. The average molecular weight is 463 g/mol. The Balaban J connectivity index is 1.51. The normalized spacial score (nSPS) is 13.3. The summed E-state index contributed by atoms with van der Waals surface area (Å²) in [5.74, 6) is 1.57. The van der Waals surface area contributed by atoms with E-state index in [-0.39, 0.29) is 5.56 Å². The molecule has 164 valence electrons. The number of aromatic nitrogens is 2. The molecule has 1 aliphatic carbocycles. The van der Waals surface area contributed by atoms with Gasteiger partial charge in [-0.25, -0.2) is 4.98 Å². The van der Waals surface area contributed by atoms with E-state index in [1.165, 1.54) is 22.4 Å². The second-order valence-electron chi connectivity index (χ2n) is 7.96. The van der Waals surface area contributed by atoms with E-state index >= 15 is 0 Å². The van der Waals surface area contributed by atoms with E-state index in [0.29, 0.717) is 12.4 Å². The van der Waals surface area contributed by atoms with Crippen LogP contribution in [-0.2, 0) is 19.3 Å². The number of nitrogens with zero attached hydrogens (tertiary/aromatic N) is 2. The van der Waals surface area contributed by atoms with Gasteiger partial charge in [0.15, 0.2) is 5.16 Å². The van der Waals surface area contributed by atoms with Crippen LogP contribution in [0.2, 0.25) is 0 Å². The minimum absolute atomic E-state index is 0.0603. The Morgan fingerprint density at radius 2 is 1.84 bits per heavy atom. The topological polar surface area (TPSA) is 44.1 Å². The van der Waals surface area contributed by atoms with Gasteiger partial charge in [-0.2, -0.15) is 0 Å². The highest BCUT2D eigenvalue weighted by molar-refractivity contribution is 7.99. The fourth-order valence-electron chi connectivity index (χ4n) is 4.20. The quantitative estimate of drug-likeness (QED) is 0.190. The van der Waals surface area contributed by atoms with Crippen molar-refractivity contribution >= 4 is 33.3 Å². The van der Waals surface area contributed by atoms with Crippen LogP contribution < -0.4 is 10.3 Å². The smallest absolute Gasteiger partial charge is 0.267 e. The second-order valence-corrected chi connectivity index (χ2v) is 10.1. The molecule has 2 aromatic carbocycles. The Bertz CT molecular complexity index is 1280. The Kier molecular flexibility index (Phi) is 6.32. The molecular weight excluding hydrogens is 436 g/mol. The molecule has 0 saturated heterocycles. The monoisotopic (exact) mass is 462 g/mol. The Labute approximate surface area is 196 Å². The van der Waals surface area contributed by atoms with E-state index in [4.69, 9.17) is 9.72 Å². The van der Waals surface area contributed by atoms with Crippen LogP contribution in [0.1, 0.15) is 35.8 Å². The van der Waals surface area contributed by atoms with Crippen LogP contribution in [0.5, 0.6) is 5.75 Å². The zero-order chi connectivity index (χ0) is 21.9. The molecule has 0 atom stereocenters. The van der Waals surface area contributed by atoms with Crippen molar-refractivity contribution in [3.63, 3.8) is 0 Å². The fourth-order valence-corrected chi connectivity index (χ4v) is 6.33. The first-order chi connectivity index (χ1) is 15.7. The molecule has 0 aliphatic heterocycles. The predicted octanol–water partition coefficient (Wildman–Crippen LogP) is 6.06. The average Bonchev–Trinajstić information content (AvgIpc) is 3.21. The fraction of sp³-hybridized carbons (Fsp3) is 0.308. The standard InChI is InChI=1S/C26H26N2O2S2/c1-2-18-12-14-19(15-13-18)28-25(29)23-21-10-6-7-11-22(21)32-24(23)27-26(28)31-17-16-30-20-8-4-3-5-9-20/h3-5,8-9,12-15H,2,6-7,10-11,16-17H2,1H3. The lowest BCUT2D eigenvalue weighted by Crippen LogP contribution is -2.22. The van der Waals surface area contributed by atoms with Gasteiger partial charge in [-0.3, -0.25) is 9.36 Å². The number of thiophene rings is 1. The SMILES string of the molecule is CCc1ccc(-n2c(SCCOc3ccccc3)nc3sc4c(c3c2=O)CCCC4)cc1. The summed E-state index contributed by atoms with van der Waals surface area (Å²) in [7, 11) is 0. The summed E-state index contributed by atoms with van der Waals surface area (Å²) >= 11 is 3.28. The molecule has 0 N–H and O–H groups in total. The Morgan fingerprint density at radius 3 is 2.62 bits per heavy atom. The van der Waals surface area contributed by atoms with Crippen LogP contribution in [0.4, 0.5) is 0 Å². The van der Waals surface area contributed by atoms with E-state index in [1.807, 2.05) is 42.5 Å². The van der Waals surface area contributed by atoms with E-state index in [1.54, 1.807) is 27.7 Å². The van der Waals surface area contributed by atoms with Gasteiger partial charge in [0.25, 0.3) is 5.56 Å². The second kappa shape index (κ2) is 9.51. The van der Waals surface area contributed by atoms with Crippen molar-refractivity contribution in [1.29, 1.82) is 0 Å². The molecule has 6 heteroatoms. The van der Waals surface area contributed by atoms with Gasteiger partial charge in [-0.1, -0.05) is 49.0 Å². The van der Waals surface area contributed by atoms with Crippen molar-refractivity contribution < 1.29 is 4.74 Å². The Morgan fingerprint density at radius 1 is 1.06 bits per heavy atom. The molecule has 0 spiro atoms. The number of fused-ring (bicyclic) bond motifs is 3. The molecule has 32 heavy (non-hydrogen) atoms. The molecule has 0 saturated carbocycles. The zero-order valence-corrected chi connectivity index (χ0v) is 19.8. The first-order valence-corrected chi connectivity index (χ1v) is 13.0. The highest BCUT2D eigenvalue weighted by atomic mass is 32.2. The highest BCUT2D eigenvalue weighted by Crippen LogP contribution is 2.35. The molecule has 0 unspecified atom stereocenters. The van der Waals surface area contributed by atoms with Crippen LogP contribution >= 0.6 is 23.1 Å². The summed E-state index contributed by atoms with van der Waals surface area (Å²) in [4.78, 5) is 21.0. The van der Waals surface area contributed by atoms with Crippen LogP contribution in [0.3, 0.4) is 0 Å². The molecule has 2 heterocycles. The lowest BCUT2D eigenvalue weighted by molar-refractivity contribution is 0.344. The summed E-state index contributed by atoms with van der Waals surface area (Å²) in [6.45, 7) is 2.69. The molecule has 1 aliphatic rings. The minimum atomic E-state index is 0.0603. The summed E-state index contributed by atoms with van der Waals surface area (Å²) in [6, 6.07) is 18.1. The van der Waals surface area contributed by atoms with Crippen LogP contribution in [0, 0.1) is 0 Å². The van der Waals surface area contributed by atoms with E-state index < -0.39 is 0 Å². The molecule has 5 rings (SSSR count). The highest BCUT2D eigenvalue weighted by Gasteiger charge is 2.22. The molecule has 0 amide bonds. The number of aryl methyl sites for hydroxylation is 3. The number of thioether (sulfide) groups is 1. The number of hydrogen-bond donors (Lipinski definition) is 0. The van der Waals surface area contributed by atoms with Gasteiger partial charge in [-0.05, 0) is 67.5 Å². The van der Waals surface area contributed by atoms with Crippen molar-refractivity contribution in [3.8, 4) is 11.4 Å². The third-order valence-electron chi connectivity index (χ3n) is 5.89. The largest absolute Gasteiger partial charge is 0.493 e. The molecule has 0 bridgehead atoms. The summed E-state index contributed by atoms with van der Waals surface area (Å²) in [5, 5.41) is 1.57. The van der Waals surface area contributed by atoms with Crippen molar-refractivity contribution in [2.45, 2.75) is 44.2 Å². The van der Waals surface area contributed by atoms with Gasteiger partial charge >= 0.3 is 0 Å². The molecule has 2 aromatic heterocycles. The van der Waals surface area contributed by atoms with E-state index in [9.17, 15) is 4.79 Å². The van der Waals surface area contributed by atoms with Gasteiger partial charge in [0.05, 0.1) is 17.7 Å². The number of rotatable bonds is 7. The van der Waals surface area contributed by atoms with Crippen molar-refractivity contribution in [2.75, 3.05) is 12.4 Å². The lowest BCUT2D eigenvalue weighted by atomic mass is 9.97. The van der Waals surface area contributed by atoms with Crippen LogP contribution in [0.15, 0.2) is 64.5 Å². The molecular formula is C26H26N2O2S2. The van der Waals surface area contributed by atoms with Crippen LogP contribution in [0.25, 0.3) is 15.9 Å². The van der Waals surface area contributed by atoms with E-state index in [2.05, 4.69) is 19.1 Å². The Hall–Kier alpha value is -2.57. The van der Waals surface area contributed by atoms with Gasteiger partial charge in [-0.15, -0.1) is 11.3 Å². The number of hydrogen-bond acceptors (Lipinski definition) is 5. The molecule has 4 nitrogen and oxygen atoms in total. The van der Waals surface area contributed by atoms with Crippen molar-refractivity contribution in [3.05, 3.63) is 81.0 Å². The summed E-state index contributed by atoms with van der Waals surface area (Å²) in [5.41, 5.74) is 3.43. The summed E-state index contributed by atoms with van der Waals surface area (Å²) in [6.07, 6.45) is 5.37. The van der Waals surface area contributed by atoms with Crippen molar-refractivity contribution in [1.82, 2.24) is 9.55 Å². The maximum Gasteiger partial charge on any atom is 0.267 e. The predicted molar refractivity (Wildman–Crippen MR) is 134 cm³/mol. The first kappa shape index (κ1) is 21.3. The van der Waals surface area contributed by atoms with Gasteiger partial charge in [0, 0.05) is 10.6 Å². The van der Waals surface area contributed by atoms with Gasteiger partial charge in [0.2, 0.25) is 0 Å². The van der Waals surface area contributed by atoms with Crippen LogP contribution in [-0.4, -0.2) is 21.9 Å². The number of para-hydroxylation sites is 1. The summed E-state index contributed by atoms with van der Waals surface area (Å²) < 4.78 is 7.66. The molecule has 0 radical (unpaired) electrons. The number of benzene rings is 2. The number of ether oxygens (including phenoxy) is 1.